The summed E-state index contributed by atoms with van der Waals surface area (Å²) in [4.78, 5) is 32.7. The largest absolute Gasteiger partial charge is 0.362 e. The van der Waals surface area contributed by atoms with E-state index in [4.69, 9.17) is 0 Å². The number of nitrogens with zero attached hydrogens (tertiary/aromatic N) is 1. The van der Waals surface area contributed by atoms with E-state index in [1.807, 2.05) is 19.1 Å². The summed E-state index contributed by atoms with van der Waals surface area (Å²) >= 11 is 3.57. The Morgan fingerprint density at radius 3 is 2.76 bits per heavy atom. The van der Waals surface area contributed by atoms with E-state index >= 15 is 0 Å². The van der Waals surface area contributed by atoms with Crippen LogP contribution in [0.5, 0.6) is 0 Å². The number of rotatable bonds is 6. The molecule has 0 saturated heterocycles. The predicted molar refractivity (Wildman–Crippen MR) is 137 cm³/mol. The highest BCUT2D eigenvalue weighted by atomic mass is 32.2. The Labute approximate surface area is 204 Å². The molecule has 0 aromatic carbocycles. The summed E-state index contributed by atoms with van der Waals surface area (Å²) in [5, 5.41) is 6.40. The minimum atomic E-state index is -0.376. The number of aryl methyl sites for hydroxylation is 1. The maximum Gasteiger partial charge on any atom is 0.255 e. The molecule has 2 aromatic rings. The van der Waals surface area contributed by atoms with Gasteiger partial charge in [-0.2, -0.15) is 0 Å². The van der Waals surface area contributed by atoms with Gasteiger partial charge >= 0.3 is 0 Å². The number of hydrogen-bond donors (Lipinski definition) is 2. The van der Waals surface area contributed by atoms with Gasteiger partial charge in [0.1, 0.15) is 5.82 Å². The van der Waals surface area contributed by atoms with Crippen LogP contribution in [0.3, 0.4) is 0 Å². The van der Waals surface area contributed by atoms with Gasteiger partial charge in [0.25, 0.3) is 5.91 Å². The van der Waals surface area contributed by atoms with Gasteiger partial charge in [0, 0.05) is 46.0 Å². The van der Waals surface area contributed by atoms with Crippen molar-refractivity contribution in [2.75, 3.05) is 11.1 Å². The van der Waals surface area contributed by atoms with Gasteiger partial charge in [0.2, 0.25) is 0 Å². The lowest BCUT2D eigenvalue weighted by molar-refractivity contribution is -0.118. The van der Waals surface area contributed by atoms with Gasteiger partial charge in [-0.15, -0.1) is 23.1 Å². The number of amides is 1. The number of ketones is 1. The number of aromatic nitrogens is 1. The first kappa shape index (κ1) is 23.8. The molecule has 33 heavy (non-hydrogen) atoms. The summed E-state index contributed by atoms with van der Waals surface area (Å²) in [6.07, 6.45) is 3.86. The van der Waals surface area contributed by atoms with E-state index < -0.39 is 0 Å². The standard InChI is InChI=1S/C26H31N3O2S2/c1-6-16-12-17(25(33-16)32-7-2)22-21(24(31)29-20-10-8-9-11-27-20)15(3)28-18-13-26(4,5)14-19(30)23(18)22/h8-12,22,28H,6-7,13-14H2,1-5H3,(H,27,29,31)/t22-/m1/s1. The summed E-state index contributed by atoms with van der Waals surface area (Å²) in [7, 11) is 0. The molecule has 7 heteroatoms. The molecule has 1 aliphatic heterocycles. The Morgan fingerprint density at radius 1 is 1.30 bits per heavy atom. The average molecular weight is 482 g/mol. The van der Waals surface area contributed by atoms with Gasteiger partial charge in [-0.25, -0.2) is 4.98 Å². The van der Waals surface area contributed by atoms with Crippen molar-refractivity contribution in [1.29, 1.82) is 0 Å². The summed E-state index contributed by atoms with van der Waals surface area (Å²) in [6.45, 7) is 10.5. The highest BCUT2D eigenvalue weighted by molar-refractivity contribution is 8.01. The zero-order chi connectivity index (χ0) is 23.8. The number of thioether (sulfide) groups is 1. The monoisotopic (exact) mass is 481 g/mol. The number of thiophene rings is 1. The number of dihydropyridines is 1. The number of hydrogen-bond acceptors (Lipinski definition) is 6. The molecule has 0 fully saturated rings. The molecular weight excluding hydrogens is 450 g/mol. The summed E-state index contributed by atoms with van der Waals surface area (Å²) in [5.41, 5.74) is 4.09. The third-order valence-electron chi connectivity index (χ3n) is 6.10. The minimum Gasteiger partial charge on any atom is -0.362 e. The number of allylic oxidation sites excluding steroid dienone is 3. The van der Waals surface area contributed by atoms with E-state index in [9.17, 15) is 9.59 Å². The Kier molecular flexibility index (Phi) is 6.82. The van der Waals surface area contributed by atoms with Crippen molar-refractivity contribution >= 4 is 40.6 Å². The first-order valence-electron chi connectivity index (χ1n) is 11.5. The molecule has 2 N–H and O–H groups in total. The van der Waals surface area contributed by atoms with Crippen molar-refractivity contribution in [1.82, 2.24) is 10.3 Å². The van der Waals surface area contributed by atoms with Crippen LogP contribution in [0.1, 0.15) is 63.8 Å². The van der Waals surface area contributed by atoms with Crippen molar-refractivity contribution in [2.24, 2.45) is 5.41 Å². The van der Waals surface area contributed by atoms with Crippen LogP contribution < -0.4 is 10.6 Å². The van der Waals surface area contributed by atoms with Crippen molar-refractivity contribution < 1.29 is 9.59 Å². The van der Waals surface area contributed by atoms with E-state index in [-0.39, 0.29) is 23.0 Å². The summed E-state index contributed by atoms with van der Waals surface area (Å²) < 4.78 is 1.20. The molecule has 1 atom stereocenters. The number of pyridine rings is 1. The lowest BCUT2D eigenvalue weighted by Gasteiger charge is -2.39. The van der Waals surface area contributed by atoms with E-state index in [1.54, 1.807) is 35.4 Å². The molecule has 3 heterocycles. The van der Waals surface area contributed by atoms with Crippen LogP contribution in [0.25, 0.3) is 0 Å². The van der Waals surface area contributed by atoms with Crippen molar-refractivity contribution in [2.45, 2.75) is 64.0 Å². The number of carbonyl (C=O) groups excluding carboxylic acids is 2. The fourth-order valence-electron chi connectivity index (χ4n) is 4.73. The van der Waals surface area contributed by atoms with Gasteiger partial charge in [-0.1, -0.05) is 33.8 Å². The van der Waals surface area contributed by atoms with Gasteiger partial charge in [-0.05, 0) is 54.7 Å². The van der Waals surface area contributed by atoms with Crippen LogP contribution in [0.15, 0.2) is 57.2 Å². The van der Waals surface area contributed by atoms with Crippen LogP contribution in [0.2, 0.25) is 0 Å². The molecule has 4 rings (SSSR count). The molecule has 1 amide bonds. The zero-order valence-electron chi connectivity index (χ0n) is 19.9. The SMILES string of the molecule is CCSc1sc(CC)cc1[C@@H]1C(C(=O)Nc2ccccn2)=C(C)NC2=C1C(=O)CC(C)(C)C2. The van der Waals surface area contributed by atoms with E-state index in [0.29, 0.717) is 17.8 Å². The second-order valence-corrected chi connectivity index (χ2v) is 12.0. The Morgan fingerprint density at radius 2 is 2.09 bits per heavy atom. The molecule has 2 aliphatic rings. The fraction of sp³-hybridized carbons (Fsp3) is 0.423. The molecule has 0 radical (unpaired) electrons. The lowest BCUT2D eigenvalue weighted by Crippen LogP contribution is -2.39. The van der Waals surface area contributed by atoms with Gasteiger partial charge in [0.05, 0.1) is 4.21 Å². The van der Waals surface area contributed by atoms with Gasteiger partial charge < -0.3 is 10.6 Å². The van der Waals surface area contributed by atoms with Crippen LogP contribution in [-0.4, -0.2) is 22.4 Å². The molecule has 0 spiro atoms. The zero-order valence-corrected chi connectivity index (χ0v) is 21.5. The highest BCUT2D eigenvalue weighted by Crippen LogP contribution is 2.50. The molecular formula is C26H31N3O2S2. The van der Waals surface area contributed by atoms with Crippen LogP contribution in [0, 0.1) is 5.41 Å². The molecule has 0 bridgehead atoms. The second-order valence-electron chi connectivity index (χ2n) is 9.34. The maximum absolute atomic E-state index is 13.6. The van der Waals surface area contributed by atoms with Gasteiger partial charge in [0.15, 0.2) is 5.78 Å². The van der Waals surface area contributed by atoms with Gasteiger partial charge in [-0.3, -0.25) is 9.59 Å². The van der Waals surface area contributed by atoms with Crippen LogP contribution >= 0.6 is 23.1 Å². The van der Waals surface area contributed by atoms with Crippen molar-refractivity contribution in [3.05, 3.63) is 63.4 Å². The van der Waals surface area contributed by atoms with E-state index in [2.05, 4.69) is 49.4 Å². The molecule has 0 unspecified atom stereocenters. The number of anilines is 1. The quantitative estimate of drug-likeness (QED) is 0.491. The third-order valence-corrected chi connectivity index (χ3v) is 8.58. The number of carbonyl (C=O) groups is 2. The smallest absolute Gasteiger partial charge is 0.255 e. The van der Waals surface area contributed by atoms with Crippen molar-refractivity contribution in [3.63, 3.8) is 0 Å². The van der Waals surface area contributed by atoms with Crippen LogP contribution in [0.4, 0.5) is 5.82 Å². The molecule has 0 saturated carbocycles. The first-order valence-corrected chi connectivity index (χ1v) is 13.3. The topological polar surface area (TPSA) is 71.1 Å². The average Bonchev–Trinajstić information content (AvgIpc) is 3.15. The predicted octanol–water partition coefficient (Wildman–Crippen LogP) is 6.06. The first-order chi connectivity index (χ1) is 15.7. The number of nitrogens with one attached hydrogen (secondary N) is 2. The second kappa shape index (κ2) is 9.47. The molecule has 2 aromatic heterocycles. The lowest BCUT2D eigenvalue weighted by atomic mass is 9.69. The molecule has 174 valence electrons. The number of Topliss-reactive ketones (excluding diaryl/α,β-unsaturated/α-hetero) is 1. The highest BCUT2D eigenvalue weighted by Gasteiger charge is 2.43. The van der Waals surface area contributed by atoms with Crippen LogP contribution in [-0.2, 0) is 16.0 Å². The normalized spacial score (nSPS) is 19.9. The minimum absolute atomic E-state index is 0.105. The Hall–Kier alpha value is -2.38. The van der Waals surface area contributed by atoms with E-state index in [0.717, 1.165) is 41.1 Å². The summed E-state index contributed by atoms with van der Waals surface area (Å²) in [6, 6.07) is 7.64. The Bertz CT molecular complexity index is 1150. The third kappa shape index (κ3) is 4.80. The Balaban J connectivity index is 1.86. The molecule has 5 nitrogen and oxygen atoms in total. The van der Waals surface area contributed by atoms with E-state index in [1.165, 1.54) is 9.09 Å². The molecule has 1 aliphatic carbocycles. The summed E-state index contributed by atoms with van der Waals surface area (Å²) in [5.74, 6) is 0.974. The van der Waals surface area contributed by atoms with Crippen molar-refractivity contribution in [3.8, 4) is 0 Å². The fourth-order valence-corrected chi connectivity index (χ4v) is 7.11. The maximum atomic E-state index is 13.6.